The highest BCUT2D eigenvalue weighted by Gasteiger charge is 2.13. The number of sulfone groups is 1. The normalized spacial score (nSPS) is 11.1. The van der Waals surface area contributed by atoms with Crippen molar-refractivity contribution in [2.75, 3.05) is 6.26 Å². The third kappa shape index (κ3) is 2.33. The lowest BCUT2D eigenvalue weighted by molar-refractivity contribution is 0.569. The lowest BCUT2D eigenvalue weighted by Crippen LogP contribution is -2.08. The van der Waals surface area contributed by atoms with Gasteiger partial charge < -0.3 is 4.57 Å². The van der Waals surface area contributed by atoms with Crippen LogP contribution in [0.1, 0.15) is 6.42 Å². The summed E-state index contributed by atoms with van der Waals surface area (Å²) in [7, 11) is -3.24. The summed E-state index contributed by atoms with van der Waals surface area (Å²) in [5, 5.41) is 0.0720. The topological polar surface area (TPSA) is 52.0 Å². The van der Waals surface area contributed by atoms with Crippen LogP contribution in [0.5, 0.6) is 0 Å². The summed E-state index contributed by atoms with van der Waals surface area (Å²) in [6.07, 6.45) is 9.75. The van der Waals surface area contributed by atoms with E-state index in [4.69, 9.17) is 6.42 Å². The third-order valence-electron chi connectivity index (χ3n) is 1.51. The maximum Gasteiger partial charge on any atom is 0.227 e. The molecule has 70 valence electrons. The quantitative estimate of drug-likeness (QED) is 0.657. The second kappa shape index (κ2) is 3.62. The molecule has 0 amide bonds. The Kier molecular flexibility index (Phi) is 2.73. The first-order valence-electron chi connectivity index (χ1n) is 3.70. The molecule has 0 atom stereocenters. The summed E-state index contributed by atoms with van der Waals surface area (Å²) in [4.78, 5) is 3.75. The minimum absolute atomic E-state index is 0.0720. The predicted molar refractivity (Wildman–Crippen MR) is 48.8 cm³/mol. The van der Waals surface area contributed by atoms with Crippen LogP contribution in [0, 0.1) is 12.3 Å². The molecule has 0 saturated heterocycles. The molecule has 0 unspecified atom stereocenters. The van der Waals surface area contributed by atoms with Gasteiger partial charge in [-0.3, -0.25) is 0 Å². The molecule has 1 aromatic rings. The number of aryl methyl sites for hydroxylation is 1. The van der Waals surface area contributed by atoms with Crippen molar-refractivity contribution < 1.29 is 8.42 Å². The fraction of sp³-hybridized carbons (Fsp3) is 0.375. The number of nitrogens with zero attached hydrogens (tertiary/aromatic N) is 2. The molecule has 0 aliphatic rings. The van der Waals surface area contributed by atoms with E-state index in [2.05, 4.69) is 10.9 Å². The van der Waals surface area contributed by atoms with Gasteiger partial charge in [0.1, 0.15) is 0 Å². The summed E-state index contributed by atoms with van der Waals surface area (Å²) in [6, 6.07) is 0. The van der Waals surface area contributed by atoms with E-state index >= 15 is 0 Å². The second-order valence-electron chi connectivity index (χ2n) is 2.63. The predicted octanol–water partition coefficient (Wildman–Crippen LogP) is 0.310. The Balaban J connectivity index is 2.98. The van der Waals surface area contributed by atoms with Gasteiger partial charge in [-0.05, 0) is 0 Å². The molecule has 0 aromatic carbocycles. The lowest BCUT2D eigenvalue weighted by atomic mass is 10.4. The molecule has 0 spiro atoms. The van der Waals surface area contributed by atoms with Gasteiger partial charge in [-0.15, -0.1) is 12.3 Å². The van der Waals surface area contributed by atoms with E-state index in [1.54, 1.807) is 6.20 Å². The van der Waals surface area contributed by atoms with Gasteiger partial charge >= 0.3 is 0 Å². The van der Waals surface area contributed by atoms with Crippen LogP contribution in [0.2, 0.25) is 0 Å². The van der Waals surface area contributed by atoms with Gasteiger partial charge in [0.25, 0.3) is 0 Å². The number of imidazole rings is 1. The largest absolute Gasteiger partial charge is 0.321 e. The van der Waals surface area contributed by atoms with Crippen LogP contribution in [-0.2, 0) is 16.4 Å². The van der Waals surface area contributed by atoms with Crippen LogP contribution in [0.25, 0.3) is 0 Å². The van der Waals surface area contributed by atoms with Crippen LogP contribution in [0.4, 0.5) is 0 Å². The first kappa shape index (κ1) is 9.81. The summed E-state index contributed by atoms with van der Waals surface area (Å²) in [5.74, 6) is 2.44. The van der Waals surface area contributed by atoms with E-state index in [-0.39, 0.29) is 5.16 Å². The molecule has 0 radical (unpaired) electrons. The molecule has 1 heterocycles. The number of aromatic nitrogens is 2. The molecule has 1 aromatic heterocycles. The Morgan fingerprint density at radius 2 is 2.38 bits per heavy atom. The molecule has 0 bridgehead atoms. The van der Waals surface area contributed by atoms with Crippen LogP contribution >= 0.6 is 0 Å². The van der Waals surface area contributed by atoms with Crippen molar-refractivity contribution in [3.05, 3.63) is 12.4 Å². The molecule has 0 saturated carbocycles. The van der Waals surface area contributed by atoms with Gasteiger partial charge in [-0.25, -0.2) is 13.4 Å². The molecule has 0 N–H and O–H groups in total. The highest BCUT2D eigenvalue weighted by Crippen LogP contribution is 2.06. The number of terminal acetylenes is 1. The van der Waals surface area contributed by atoms with Gasteiger partial charge in [-0.1, -0.05) is 0 Å². The Hall–Kier alpha value is -1.28. The van der Waals surface area contributed by atoms with Gasteiger partial charge in [0.2, 0.25) is 15.0 Å². The first-order chi connectivity index (χ1) is 6.05. The highest BCUT2D eigenvalue weighted by atomic mass is 32.2. The fourth-order valence-corrected chi connectivity index (χ4v) is 1.81. The fourth-order valence-electron chi connectivity index (χ4n) is 0.979. The van der Waals surface area contributed by atoms with Crippen molar-refractivity contribution in [2.24, 2.45) is 0 Å². The Labute approximate surface area is 77.5 Å². The molecule has 4 nitrogen and oxygen atoms in total. The molecule has 0 aliphatic heterocycles. The Morgan fingerprint density at radius 3 is 2.92 bits per heavy atom. The maximum absolute atomic E-state index is 11.1. The monoisotopic (exact) mass is 198 g/mol. The highest BCUT2D eigenvalue weighted by molar-refractivity contribution is 7.90. The zero-order valence-electron chi connectivity index (χ0n) is 7.27. The number of hydrogen-bond donors (Lipinski definition) is 0. The van der Waals surface area contributed by atoms with Crippen molar-refractivity contribution in [3.63, 3.8) is 0 Å². The molecule has 0 aliphatic carbocycles. The van der Waals surface area contributed by atoms with Crippen molar-refractivity contribution in [2.45, 2.75) is 18.1 Å². The van der Waals surface area contributed by atoms with Gasteiger partial charge in [-0.2, -0.15) is 0 Å². The van der Waals surface area contributed by atoms with Crippen LogP contribution in [0.3, 0.4) is 0 Å². The SMILES string of the molecule is C#CCCn1ccnc1S(C)(=O)=O. The van der Waals surface area contributed by atoms with Crippen LogP contribution < -0.4 is 0 Å². The zero-order valence-corrected chi connectivity index (χ0v) is 8.08. The molecule has 0 fully saturated rings. The van der Waals surface area contributed by atoms with Gasteiger partial charge in [0.15, 0.2) is 0 Å². The number of rotatable bonds is 3. The summed E-state index contributed by atoms with van der Waals surface area (Å²) in [6.45, 7) is 0.485. The summed E-state index contributed by atoms with van der Waals surface area (Å²) < 4.78 is 23.8. The van der Waals surface area contributed by atoms with E-state index in [0.717, 1.165) is 6.26 Å². The molecular weight excluding hydrogens is 188 g/mol. The van der Waals surface area contributed by atoms with Crippen molar-refractivity contribution in [1.29, 1.82) is 0 Å². The van der Waals surface area contributed by atoms with Gasteiger partial charge in [0.05, 0.1) is 0 Å². The van der Waals surface area contributed by atoms with E-state index < -0.39 is 9.84 Å². The summed E-state index contributed by atoms with van der Waals surface area (Å²) in [5.41, 5.74) is 0. The second-order valence-corrected chi connectivity index (χ2v) is 4.54. The average molecular weight is 198 g/mol. The average Bonchev–Trinajstić information content (AvgIpc) is 2.47. The molecule has 5 heteroatoms. The molecule has 13 heavy (non-hydrogen) atoms. The van der Waals surface area contributed by atoms with E-state index in [1.807, 2.05) is 0 Å². The van der Waals surface area contributed by atoms with Crippen molar-refractivity contribution in [3.8, 4) is 12.3 Å². The van der Waals surface area contributed by atoms with Crippen LogP contribution in [-0.4, -0.2) is 24.2 Å². The molecular formula is C8H10N2O2S. The minimum Gasteiger partial charge on any atom is -0.321 e. The zero-order chi connectivity index (χ0) is 9.90. The lowest BCUT2D eigenvalue weighted by Gasteiger charge is -2.02. The van der Waals surface area contributed by atoms with Gasteiger partial charge in [0, 0.05) is 31.6 Å². The smallest absolute Gasteiger partial charge is 0.227 e. The standard InChI is InChI=1S/C8H10N2O2S/c1-3-4-6-10-7-5-9-8(10)13(2,11)12/h1,5,7H,4,6H2,2H3. The van der Waals surface area contributed by atoms with E-state index in [9.17, 15) is 8.42 Å². The Bertz CT molecular complexity index is 425. The van der Waals surface area contributed by atoms with Crippen molar-refractivity contribution in [1.82, 2.24) is 9.55 Å². The van der Waals surface area contributed by atoms with E-state index in [0.29, 0.717) is 13.0 Å². The van der Waals surface area contributed by atoms with Crippen molar-refractivity contribution >= 4 is 9.84 Å². The van der Waals surface area contributed by atoms with E-state index in [1.165, 1.54) is 10.8 Å². The Morgan fingerprint density at radius 1 is 1.69 bits per heavy atom. The maximum atomic E-state index is 11.1. The minimum atomic E-state index is -3.24. The number of hydrogen-bond acceptors (Lipinski definition) is 3. The first-order valence-corrected chi connectivity index (χ1v) is 5.59. The van der Waals surface area contributed by atoms with Crippen LogP contribution in [0.15, 0.2) is 17.6 Å². The summed E-state index contributed by atoms with van der Waals surface area (Å²) >= 11 is 0. The molecule has 1 rings (SSSR count). The third-order valence-corrected chi connectivity index (χ3v) is 2.51.